The summed E-state index contributed by atoms with van der Waals surface area (Å²) in [5.74, 6) is 0.964. The lowest BCUT2D eigenvalue weighted by molar-refractivity contribution is 0.118. The van der Waals surface area contributed by atoms with Gasteiger partial charge < -0.3 is 9.80 Å². The highest BCUT2D eigenvalue weighted by Gasteiger charge is 2.27. The molecule has 2 saturated heterocycles. The molecular weight excluding hydrogens is 313 g/mol. The Kier molecular flexibility index (Phi) is 4.88. The molecule has 2 heterocycles. The van der Waals surface area contributed by atoms with Gasteiger partial charge in [-0.25, -0.2) is 3.11 Å². The smallest absolute Gasteiger partial charge is 0.0238 e. The van der Waals surface area contributed by atoms with Gasteiger partial charge in [0.05, 0.1) is 0 Å². The molecule has 0 aromatic carbocycles. The highest BCUT2D eigenvalue weighted by atomic mass is 127. The van der Waals surface area contributed by atoms with Crippen molar-refractivity contribution < 1.29 is 0 Å². The standard InChI is InChI=1S/C12H24IN3/c1-14-5-3-11(4-6-14)9-12-10-16(13)8-7-15(12)2/h11-12H,3-10H2,1-2H3. The van der Waals surface area contributed by atoms with Gasteiger partial charge in [0.2, 0.25) is 0 Å². The number of likely N-dealkylation sites (N-methyl/N-ethyl adjacent to an activating group) is 1. The molecule has 0 saturated carbocycles. The van der Waals surface area contributed by atoms with Crippen molar-refractivity contribution in [1.82, 2.24) is 12.9 Å². The van der Waals surface area contributed by atoms with Crippen molar-refractivity contribution >= 4 is 22.9 Å². The fourth-order valence-electron chi connectivity index (χ4n) is 2.85. The quantitative estimate of drug-likeness (QED) is 0.561. The molecule has 3 nitrogen and oxygen atoms in total. The van der Waals surface area contributed by atoms with Gasteiger partial charge in [-0.3, -0.25) is 0 Å². The van der Waals surface area contributed by atoms with Crippen molar-refractivity contribution in [3.8, 4) is 0 Å². The molecule has 0 bridgehead atoms. The van der Waals surface area contributed by atoms with Crippen LogP contribution in [0.4, 0.5) is 0 Å². The number of hydrogen-bond donors (Lipinski definition) is 0. The van der Waals surface area contributed by atoms with Gasteiger partial charge in [0.25, 0.3) is 0 Å². The Morgan fingerprint density at radius 2 is 1.75 bits per heavy atom. The van der Waals surface area contributed by atoms with Crippen LogP contribution in [-0.2, 0) is 0 Å². The van der Waals surface area contributed by atoms with E-state index in [1.54, 1.807) is 0 Å². The van der Waals surface area contributed by atoms with E-state index in [1.165, 1.54) is 52.0 Å². The summed E-state index contributed by atoms with van der Waals surface area (Å²) in [5, 5.41) is 0. The van der Waals surface area contributed by atoms with E-state index in [-0.39, 0.29) is 0 Å². The second-order valence-corrected chi connectivity index (χ2v) is 6.85. The Bertz CT molecular complexity index is 216. The van der Waals surface area contributed by atoms with Gasteiger partial charge in [-0.2, -0.15) is 0 Å². The first kappa shape index (κ1) is 13.1. The summed E-state index contributed by atoms with van der Waals surface area (Å²) in [6.07, 6.45) is 4.22. The Hall–Kier alpha value is 0.610. The van der Waals surface area contributed by atoms with Crippen LogP contribution in [0, 0.1) is 5.92 Å². The van der Waals surface area contributed by atoms with Gasteiger partial charge >= 0.3 is 0 Å². The van der Waals surface area contributed by atoms with E-state index < -0.39 is 0 Å². The largest absolute Gasteiger partial charge is 0.306 e. The zero-order chi connectivity index (χ0) is 11.5. The minimum atomic E-state index is 0.791. The fraction of sp³-hybridized carbons (Fsp3) is 1.00. The number of piperazine rings is 1. The van der Waals surface area contributed by atoms with Crippen molar-refractivity contribution in [2.75, 3.05) is 46.8 Å². The lowest BCUT2D eigenvalue weighted by atomic mass is 9.89. The maximum absolute atomic E-state index is 2.56. The molecule has 4 heteroatoms. The molecular formula is C12H24IN3. The molecule has 0 spiro atoms. The number of halogens is 1. The molecule has 2 fully saturated rings. The predicted octanol–water partition coefficient (Wildman–Crippen LogP) is 1.68. The van der Waals surface area contributed by atoms with Crippen LogP contribution < -0.4 is 0 Å². The number of nitrogens with zero attached hydrogens (tertiary/aromatic N) is 3. The third-order valence-electron chi connectivity index (χ3n) is 4.17. The Balaban J connectivity index is 1.79. The summed E-state index contributed by atoms with van der Waals surface area (Å²) < 4.78 is 2.46. The number of piperidine rings is 1. The Labute approximate surface area is 114 Å². The third kappa shape index (κ3) is 3.55. The normalized spacial score (nSPS) is 32.1. The molecule has 2 aliphatic heterocycles. The SMILES string of the molecule is CN1CCC(CC2CN(I)CCN2C)CC1. The summed E-state index contributed by atoms with van der Waals surface area (Å²) in [6, 6.07) is 0.791. The van der Waals surface area contributed by atoms with E-state index in [0.717, 1.165) is 12.0 Å². The molecule has 2 rings (SSSR count). The maximum atomic E-state index is 2.56. The van der Waals surface area contributed by atoms with Crippen LogP contribution in [0.5, 0.6) is 0 Å². The van der Waals surface area contributed by atoms with Crippen molar-refractivity contribution in [3.05, 3.63) is 0 Å². The van der Waals surface area contributed by atoms with Crippen molar-refractivity contribution in [1.29, 1.82) is 0 Å². The van der Waals surface area contributed by atoms with Gasteiger partial charge in [-0.1, -0.05) is 0 Å². The van der Waals surface area contributed by atoms with Crippen molar-refractivity contribution in [2.45, 2.75) is 25.3 Å². The van der Waals surface area contributed by atoms with Gasteiger partial charge in [0.15, 0.2) is 0 Å². The molecule has 94 valence electrons. The zero-order valence-electron chi connectivity index (χ0n) is 10.5. The van der Waals surface area contributed by atoms with E-state index in [1.807, 2.05) is 0 Å². The number of rotatable bonds is 2. The fourth-order valence-corrected chi connectivity index (χ4v) is 3.52. The number of likely N-dealkylation sites (tertiary alicyclic amines) is 1. The second-order valence-electron chi connectivity index (χ2n) is 5.49. The highest BCUT2D eigenvalue weighted by Crippen LogP contribution is 2.25. The molecule has 0 aromatic heterocycles. The van der Waals surface area contributed by atoms with E-state index in [4.69, 9.17) is 0 Å². The first-order valence-electron chi connectivity index (χ1n) is 6.44. The highest BCUT2D eigenvalue weighted by molar-refractivity contribution is 14.1. The molecule has 2 aliphatic rings. The van der Waals surface area contributed by atoms with Crippen LogP contribution in [0.1, 0.15) is 19.3 Å². The zero-order valence-corrected chi connectivity index (χ0v) is 12.7. The van der Waals surface area contributed by atoms with Gasteiger partial charge in [-0.05, 0) is 52.4 Å². The first-order chi connectivity index (χ1) is 7.65. The summed E-state index contributed by atoms with van der Waals surface area (Å²) >= 11 is 2.48. The molecule has 1 atom stereocenters. The summed E-state index contributed by atoms with van der Waals surface area (Å²) in [5.41, 5.74) is 0. The summed E-state index contributed by atoms with van der Waals surface area (Å²) in [6.45, 7) is 6.31. The maximum Gasteiger partial charge on any atom is 0.0238 e. The van der Waals surface area contributed by atoms with Gasteiger partial charge in [0, 0.05) is 48.5 Å². The Morgan fingerprint density at radius 3 is 2.44 bits per heavy atom. The van der Waals surface area contributed by atoms with E-state index in [2.05, 4.69) is 49.9 Å². The minimum absolute atomic E-state index is 0.791. The third-order valence-corrected chi connectivity index (χ3v) is 5.05. The second kappa shape index (κ2) is 5.98. The molecule has 0 amide bonds. The molecule has 16 heavy (non-hydrogen) atoms. The molecule has 0 aliphatic carbocycles. The van der Waals surface area contributed by atoms with E-state index in [9.17, 15) is 0 Å². The van der Waals surface area contributed by atoms with Crippen LogP contribution in [0.15, 0.2) is 0 Å². The Morgan fingerprint density at radius 1 is 1.06 bits per heavy atom. The molecule has 1 unspecified atom stereocenters. The molecule has 0 N–H and O–H groups in total. The predicted molar refractivity (Wildman–Crippen MR) is 76.8 cm³/mol. The van der Waals surface area contributed by atoms with Crippen LogP contribution in [0.25, 0.3) is 0 Å². The summed E-state index contributed by atoms with van der Waals surface area (Å²) in [7, 11) is 4.54. The van der Waals surface area contributed by atoms with Crippen LogP contribution >= 0.6 is 22.9 Å². The summed E-state index contributed by atoms with van der Waals surface area (Å²) in [4.78, 5) is 5.03. The molecule has 0 aromatic rings. The van der Waals surface area contributed by atoms with Crippen LogP contribution in [0.3, 0.4) is 0 Å². The lowest BCUT2D eigenvalue weighted by Gasteiger charge is -2.39. The van der Waals surface area contributed by atoms with Crippen LogP contribution in [0.2, 0.25) is 0 Å². The van der Waals surface area contributed by atoms with E-state index >= 15 is 0 Å². The monoisotopic (exact) mass is 337 g/mol. The first-order valence-corrected chi connectivity index (χ1v) is 7.41. The van der Waals surface area contributed by atoms with Gasteiger partial charge in [-0.15, -0.1) is 0 Å². The van der Waals surface area contributed by atoms with Crippen molar-refractivity contribution in [3.63, 3.8) is 0 Å². The molecule has 0 radical (unpaired) electrons. The van der Waals surface area contributed by atoms with Crippen molar-refractivity contribution in [2.24, 2.45) is 5.92 Å². The number of hydrogen-bond acceptors (Lipinski definition) is 3. The average Bonchev–Trinajstić information content (AvgIpc) is 2.27. The van der Waals surface area contributed by atoms with E-state index in [0.29, 0.717) is 0 Å². The average molecular weight is 337 g/mol. The minimum Gasteiger partial charge on any atom is -0.306 e. The van der Waals surface area contributed by atoms with Gasteiger partial charge in [0.1, 0.15) is 0 Å². The lowest BCUT2D eigenvalue weighted by Crippen LogP contribution is -2.49. The van der Waals surface area contributed by atoms with Crippen LogP contribution in [-0.4, -0.2) is 65.8 Å². The topological polar surface area (TPSA) is 9.72 Å².